The Morgan fingerprint density at radius 2 is 0.649 bits per heavy atom. The van der Waals surface area contributed by atoms with Gasteiger partial charge in [-0.15, -0.1) is 0 Å². The van der Waals surface area contributed by atoms with Crippen molar-refractivity contribution in [2.45, 2.75) is 291 Å². The molecule has 2 unspecified atom stereocenters. The van der Waals surface area contributed by atoms with E-state index in [2.05, 4.69) is 39.9 Å². The second kappa shape index (κ2) is 46.0. The van der Waals surface area contributed by atoms with Gasteiger partial charge >= 0.3 is 11.9 Å². The highest BCUT2D eigenvalue weighted by Gasteiger charge is 2.14. The van der Waals surface area contributed by atoms with Crippen LogP contribution in [0.25, 0.3) is 0 Å². The van der Waals surface area contributed by atoms with Gasteiger partial charge in [-0.2, -0.15) is 0 Å². The molecule has 0 rings (SSSR count). The Bertz CT molecular complexity index is 762. The highest BCUT2D eigenvalue weighted by atomic mass is 16.5. The first-order chi connectivity index (χ1) is 28.0. The lowest BCUT2D eigenvalue weighted by molar-refractivity contribution is -0.146. The van der Waals surface area contributed by atoms with E-state index < -0.39 is 0 Å². The largest absolute Gasteiger partial charge is 0.465 e. The molecule has 5 heteroatoms. The van der Waals surface area contributed by atoms with Crippen molar-refractivity contribution in [2.24, 2.45) is 11.8 Å². The molecule has 0 aliphatic heterocycles. The van der Waals surface area contributed by atoms with Crippen molar-refractivity contribution in [3.63, 3.8) is 0 Å². The summed E-state index contributed by atoms with van der Waals surface area (Å²) in [6, 6.07) is 0.648. The number of carbonyl (C=O) groups is 2. The zero-order chi connectivity index (χ0) is 41.7. The topological polar surface area (TPSA) is 64.6 Å². The minimum atomic E-state index is 0.0227. The predicted octanol–water partition coefficient (Wildman–Crippen LogP) is 16.6. The Morgan fingerprint density at radius 3 is 1.05 bits per heavy atom. The smallest absolute Gasteiger partial charge is 0.305 e. The molecule has 2 atom stereocenters. The minimum Gasteiger partial charge on any atom is -0.465 e. The Morgan fingerprint density at radius 1 is 0.351 bits per heavy atom. The summed E-state index contributed by atoms with van der Waals surface area (Å²) in [5.74, 6) is 1.15. The molecular formula is C52H103NO4. The van der Waals surface area contributed by atoms with E-state index in [0.717, 1.165) is 25.7 Å². The van der Waals surface area contributed by atoms with Crippen LogP contribution in [0.3, 0.4) is 0 Å². The number of esters is 2. The maximum atomic E-state index is 12.4. The normalized spacial score (nSPS) is 13.1. The first-order valence-electron chi connectivity index (χ1n) is 26.0. The van der Waals surface area contributed by atoms with Crippen molar-refractivity contribution in [1.29, 1.82) is 0 Å². The molecule has 0 radical (unpaired) electrons. The van der Waals surface area contributed by atoms with Crippen LogP contribution >= 0.6 is 0 Å². The molecule has 0 aliphatic rings. The summed E-state index contributed by atoms with van der Waals surface area (Å²) in [6.45, 7) is 13.8. The van der Waals surface area contributed by atoms with Gasteiger partial charge in [0.15, 0.2) is 0 Å². The molecule has 5 nitrogen and oxygen atoms in total. The van der Waals surface area contributed by atoms with Crippen LogP contribution in [0.15, 0.2) is 0 Å². The lowest BCUT2D eigenvalue weighted by atomic mass is 9.96. The van der Waals surface area contributed by atoms with Crippen LogP contribution in [-0.4, -0.2) is 37.7 Å². The molecular weight excluding hydrogens is 703 g/mol. The molecule has 0 bridgehead atoms. The first-order valence-corrected chi connectivity index (χ1v) is 26.0. The van der Waals surface area contributed by atoms with Gasteiger partial charge in [0.05, 0.1) is 13.2 Å². The fourth-order valence-electron chi connectivity index (χ4n) is 8.36. The first kappa shape index (κ1) is 55.9. The molecule has 57 heavy (non-hydrogen) atoms. The third kappa shape index (κ3) is 41.4. The molecule has 1 N–H and O–H groups in total. The highest BCUT2D eigenvalue weighted by Crippen LogP contribution is 2.21. The van der Waals surface area contributed by atoms with E-state index in [1.54, 1.807) is 0 Å². The zero-order valence-corrected chi connectivity index (χ0v) is 39.6. The van der Waals surface area contributed by atoms with Crippen LogP contribution in [0.1, 0.15) is 285 Å². The fourth-order valence-corrected chi connectivity index (χ4v) is 8.36. The van der Waals surface area contributed by atoms with E-state index in [9.17, 15) is 9.59 Å². The molecule has 0 saturated carbocycles. The SMILES string of the molecule is CCCCCCCCCNC(CCCCCCCCC(=O)OCC(CCCC)CCCCCC)CCCCCCCCC(=O)OCC(CCCC)CCCCCC. The lowest BCUT2D eigenvalue weighted by Crippen LogP contribution is -2.30. The molecule has 0 aromatic heterocycles. The van der Waals surface area contributed by atoms with Crippen molar-refractivity contribution < 1.29 is 19.1 Å². The molecule has 0 saturated heterocycles. The van der Waals surface area contributed by atoms with Gasteiger partial charge in [0, 0.05) is 18.9 Å². The number of ether oxygens (including phenoxy) is 2. The average molecular weight is 806 g/mol. The fraction of sp³-hybridized carbons (Fsp3) is 0.962. The van der Waals surface area contributed by atoms with Crippen LogP contribution in [-0.2, 0) is 19.1 Å². The second-order valence-electron chi connectivity index (χ2n) is 18.2. The Balaban J connectivity index is 4.27. The predicted molar refractivity (Wildman–Crippen MR) is 249 cm³/mol. The summed E-state index contributed by atoms with van der Waals surface area (Å²) in [5, 5.41) is 3.96. The summed E-state index contributed by atoms with van der Waals surface area (Å²) in [7, 11) is 0. The monoisotopic (exact) mass is 806 g/mol. The molecule has 0 aliphatic carbocycles. The standard InChI is InChI=1S/C52H103NO4/c1-6-11-16-19-24-29-36-45-53-50(41-32-25-20-22-27-34-43-51(54)56-46-48(37-14-9-4)39-30-17-12-7-2)42-33-26-21-23-28-35-44-52(55)57-47-49(38-15-10-5)40-31-18-13-8-3/h48-50,53H,6-47H2,1-5H3. The van der Waals surface area contributed by atoms with Crippen LogP contribution < -0.4 is 5.32 Å². The van der Waals surface area contributed by atoms with Crippen LogP contribution in [0.2, 0.25) is 0 Å². The van der Waals surface area contributed by atoms with Gasteiger partial charge in [-0.3, -0.25) is 9.59 Å². The number of rotatable bonds is 47. The summed E-state index contributed by atoms with van der Waals surface area (Å²) in [6.07, 6.45) is 47.9. The number of hydrogen-bond donors (Lipinski definition) is 1. The second-order valence-corrected chi connectivity index (χ2v) is 18.2. The van der Waals surface area contributed by atoms with E-state index in [1.807, 2.05) is 0 Å². The van der Waals surface area contributed by atoms with Crippen LogP contribution in [0.4, 0.5) is 0 Å². The third-order valence-corrected chi connectivity index (χ3v) is 12.4. The average Bonchev–Trinajstić information content (AvgIpc) is 3.21. The third-order valence-electron chi connectivity index (χ3n) is 12.4. The van der Waals surface area contributed by atoms with E-state index in [4.69, 9.17) is 9.47 Å². The van der Waals surface area contributed by atoms with Gasteiger partial charge in [-0.25, -0.2) is 0 Å². The van der Waals surface area contributed by atoms with Gasteiger partial charge in [0.25, 0.3) is 0 Å². The quantitative estimate of drug-likeness (QED) is 0.0490. The number of unbranched alkanes of at least 4 members (excludes halogenated alkanes) is 24. The van der Waals surface area contributed by atoms with E-state index >= 15 is 0 Å². The number of hydrogen-bond acceptors (Lipinski definition) is 5. The zero-order valence-electron chi connectivity index (χ0n) is 39.6. The molecule has 0 fully saturated rings. The highest BCUT2D eigenvalue weighted by molar-refractivity contribution is 5.69. The van der Waals surface area contributed by atoms with E-state index in [-0.39, 0.29) is 11.9 Å². The summed E-state index contributed by atoms with van der Waals surface area (Å²) >= 11 is 0. The van der Waals surface area contributed by atoms with Crippen molar-refractivity contribution >= 4 is 11.9 Å². The molecule has 0 aromatic rings. The molecule has 340 valence electrons. The van der Waals surface area contributed by atoms with Gasteiger partial charge in [-0.1, -0.05) is 214 Å². The minimum absolute atomic E-state index is 0.0227. The summed E-state index contributed by atoms with van der Waals surface area (Å²) in [4.78, 5) is 24.9. The molecule has 0 spiro atoms. The maximum absolute atomic E-state index is 12.4. The van der Waals surface area contributed by atoms with Crippen LogP contribution in [0, 0.1) is 11.8 Å². The van der Waals surface area contributed by atoms with Crippen molar-refractivity contribution in [3.05, 3.63) is 0 Å². The summed E-state index contributed by atoms with van der Waals surface area (Å²) < 4.78 is 11.5. The number of nitrogens with one attached hydrogen (secondary N) is 1. The van der Waals surface area contributed by atoms with Gasteiger partial charge < -0.3 is 14.8 Å². The van der Waals surface area contributed by atoms with Gasteiger partial charge in [-0.05, 0) is 76.2 Å². The van der Waals surface area contributed by atoms with Gasteiger partial charge in [0.1, 0.15) is 0 Å². The molecule has 0 aromatic carbocycles. The van der Waals surface area contributed by atoms with Crippen molar-refractivity contribution in [3.8, 4) is 0 Å². The van der Waals surface area contributed by atoms with Gasteiger partial charge in [0.2, 0.25) is 0 Å². The molecule has 0 amide bonds. The van der Waals surface area contributed by atoms with E-state index in [1.165, 1.54) is 218 Å². The Hall–Kier alpha value is -1.10. The lowest BCUT2D eigenvalue weighted by Gasteiger charge is -2.19. The maximum Gasteiger partial charge on any atom is 0.305 e. The number of carbonyl (C=O) groups excluding carboxylic acids is 2. The Kier molecular flexibility index (Phi) is 45.1. The van der Waals surface area contributed by atoms with Crippen molar-refractivity contribution in [2.75, 3.05) is 19.8 Å². The van der Waals surface area contributed by atoms with Crippen molar-refractivity contribution in [1.82, 2.24) is 5.32 Å². The molecule has 0 heterocycles. The van der Waals surface area contributed by atoms with E-state index in [0.29, 0.717) is 43.9 Å². The van der Waals surface area contributed by atoms with Crippen LogP contribution in [0.5, 0.6) is 0 Å². The summed E-state index contributed by atoms with van der Waals surface area (Å²) in [5.41, 5.74) is 0. The Labute approximate surface area is 357 Å².